The molecule has 0 bridgehead atoms. The Morgan fingerprint density at radius 3 is 2.52 bits per heavy atom. The molecule has 0 aromatic heterocycles. The van der Waals surface area contributed by atoms with E-state index in [4.69, 9.17) is 9.84 Å². The number of nitrogens with one attached hydrogen (secondary N) is 1. The minimum Gasteiger partial charge on any atom is -0.508 e. The molecule has 0 saturated carbocycles. The summed E-state index contributed by atoms with van der Waals surface area (Å²) in [6, 6.07) is 10.8. The van der Waals surface area contributed by atoms with Crippen molar-refractivity contribution in [2.45, 2.75) is 0 Å². The second-order valence-corrected chi connectivity index (χ2v) is 4.17. The molecule has 2 aromatic rings. The maximum atomic E-state index is 11.8. The van der Waals surface area contributed by atoms with Crippen LogP contribution in [0.5, 0.6) is 17.2 Å². The number of rotatable bonds is 4. The van der Waals surface area contributed by atoms with Crippen LogP contribution in [0.1, 0.15) is 15.9 Å². The lowest BCUT2D eigenvalue weighted by atomic mass is 10.2. The Morgan fingerprint density at radius 1 is 1.19 bits per heavy atom. The van der Waals surface area contributed by atoms with Gasteiger partial charge in [0.25, 0.3) is 5.91 Å². The maximum Gasteiger partial charge on any atom is 0.275 e. The van der Waals surface area contributed by atoms with E-state index in [0.717, 1.165) is 17.4 Å². The predicted octanol–water partition coefficient (Wildman–Crippen LogP) is 1.87. The van der Waals surface area contributed by atoms with E-state index in [9.17, 15) is 9.90 Å². The molecule has 0 unspecified atom stereocenters. The van der Waals surface area contributed by atoms with Crippen LogP contribution < -0.4 is 10.2 Å². The van der Waals surface area contributed by atoms with Crippen molar-refractivity contribution in [3.05, 3.63) is 53.6 Å². The van der Waals surface area contributed by atoms with Crippen molar-refractivity contribution in [1.82, 2.24) is 5.43 Å². The van der Waals surface area contributed by atoms with Gasteiger partial charge in [0.05, 0.1) is 18.9 Å². The Kier molecular flexibility index (Phi) is 4.40. The van der Waals surface area contributed by atoms with Gasteiger partial charge in [-0.15, -0.1) is 0 Å². The number of hydrogen-bond donors (Lipinski definition) is 3. The van der Waals surface area contributed by atoms with E-state index < -0.39 is 5.91 Å². The second kappa shape index (κ2) is 6.42. The number of carbonyl (C=O) groups excluding carboxylic acids is 1. The Bertz CT molecular complexity index is 666. The number of phenolic OH excluding ortho intramolecular Hbond substituents is 2. The minimum atomic E-state index is -0.572. The molecule has 21 heavy (non-hydrogen) atoms. The molecule has 6 nitrogen and oxygen atoms in total. The Morgan fingerprint density at radius 2 is 1.90 bits per heavy atom. The molecule has 0 saturated heterocycles. The molecule has 108 valence electrons. The first-order chi connectivity index (χ1) is 10.1. The van der Waals surface area contributed by atoms with E-state index in [1.807, 2.05) is 0 Å². The maximum absolute atomic E-state index is 11.8. The first-order valence-electron chi connectivity index (χ1n) is 6.09. The van der Waals surface area contributed by atoms with Crippen LogP contribution in [0.25, 0.3) is 0 Å². The highest BCUT2D eigenvalue weighted by atomic mass is 16.5. The summed E-state index contributed by atoms with van der Waals surface area (Å²) in [4.78, 5) is 11.8. The first-order valence-corrected chi connectivity index (χ1v) is 6.09. The average molecular weight is 286 g/mol. The van der Waals surface area contributed by atoms with Gasteiger partial charge in [0.1, 0.15) is 17.2 Å². The number of hydrazone groups is 1. The number of phenols is 2. The van der Waals surface area contributed by atoms with Gasteiger partial charge in [-0.05, 0) is 42.0 Å². The van der Waals surface area contributed by atoms with Crippen molar-refractivity contribution in [1.29, 1.82) is 0 Å². The van der Waals surface area contributed by atoms with E-state index >= 15 is 0 Å². The molecular weight excluding hydrogens is 272 g/mol. The summed E-state index contributed by atoms with van der Waals surface area (Å²) in [5.41, 5.74) is 3.10. The zero-order valence-electron chi connectivity index (χ0n) is 11.3. The number of ether oxygens (including phenoxy) is 1. The highest BCUT2D eigenvalue weighted by molar-refractivity contribution is 5.97. The van der Waals surface area contributed by atoms with E-state index in [1.165, 1.54) is 18.3 Å². The van der Waals surface area contributed by atoms with E-state index in [-0.39, 0.29) is 17.1 Å². The molecular formula is C15H14N2O4. The van der Waals surface area contributed by atoms with Crippen LogP contribution in [0.3, 0.4) is 0 Å². The van der Waals surface area contributed by atoms with E-state index in [0.29, 0.717) is 0 Å². The molecule has 0 atom stereocenters. The number of hydrogen-bond acceptors (Lipinski definition) is 5. The van der Waals surface area contributed by atoms with Gasteiger partial charge in [-0.1, -0.05) is 0 Å². The molecule has 6 heteroatoms. The molecule has 0 spiro atoms. The Labute approximate surface area is 121 Å². The van der Waals surface area contributed by atoms with Crippen LogP contribution >= 0.6 is 0 Å². The summed E-state index contributed by atoms with van der Waals surface area (Å²) in [5, 5.41) is 22.5. The van der Waals surface area contributed by atoms with Crippen LogP contribution in [0.4, 0.5) is 0 Å². The third-order valence-electron chi connectivity index (χ3n) is 2.72. The predicted molar refractivity (Wildman–Crippen MR) is 77.8 cm³/mol. The van der Waals surface area contributed by atoms with E-state index in [1.54, 1.807) is 31.4 Å². The number of carbonyl (C=O) groups is 1. The molecule has 0 aliphatic carbocycles. The smallest absolute Gasteiger partial charge is 0.275 e. The first kappa shape index (κ1) is 14.4. The molecule has 0 radical (unpaired) electrons. The topological polar surface area (TPSA) is 91.2 Å². The summed E-state index contributed by atoms with van der Waals surface area (Å²) in [6.07, 6.45) is 1.47. The van der Waals surface area contributed by atoms with Crippen LogP contribution in [-0.2, 0) is 0 Å². The van der Waals surface area contributed by atoms with Gasteiger partial charge in [0.2, 0.25) is 0 Å². The normalized spacial score (nSPS) is 10.5. The van der Waals surface area contributed by atoms with Crippen LogP contribution in [0.15, 0.2) is 47.6 Å². The lowest BCUT2D eigenvalue weighted by Crippen LogP contribution is -2.17. The summed E-state index contributed by atoms with van der Waals surface area (Å²) in [6.45, 7) is 0. The monoisotopic (exact) mass is 286 g/mol. The second-order valence-electron chi connectivity index (χ2n) is 4.17. The number of benzene rings is 2. The van der Waals surface area contributed by atoms with Crippen molar-refractivity contribution >= 4 is 12.1 Å². The SMILES string of the molecule is COc1ccc(C=NNC(=O)c2ccc(O)cc2O)cc1. The highest BCUT2D eigenvalue weighted by Crippen LogP contribution is 2.22. The van der Waals surface area contributed by atoms with Gasteiger partial charge in [0, 0.05) is 6.07 Å². The van der Waals surface area contributed by atoms with E-state index in [2.05, 4.69) is 10.5 Å². The van der Waals surface area contributed by atoms with Crippen LogP contribution in [-0.4, -0.2) is 29.4 Å². The van der Waals surface area contributed by atoms with Crippen LogP contribution in [0.2, 0.25) is 0 Å². The number of nitrogens with zero attached hydrogens (tertiary/aromatic N) is 1. The molecule has 3 N–H and O–H groups in total. The lowest BCUT2D eigenvalue weighted by molar-refractivity contribution is 0.0952. The third kappa shape index (κ3) is 3.73. The summed E-state index contributed by atoms with van der Waals surface area (Å²) in [7, 11) is 1.58. The zero-order valence-corrected chi connectivity index (χ0v) is 11.3. The third-order valence-corrected chi connectivity index (χ3v) is 2.72. The molecule has 1 amide bonds. The lowest BCUT2D eigenvalue weighted by Gasteiger charge is -2.03. The number of methoxy groups -OCH3 is 1. The molecule has 0 heterocycles. The summed E-state index contributed by atoms with van der Waals surface area (Å²) < 4.78 is 5.03. The Hall–Kier alpha value is -3.02. The number of aromatic hydroxyl groups is 2. The van der Waals surface area contributed by atoms with Crippen molar-refractivity contribution in [3.63, 3.8) is 0 Å². The molecule has 2 rings (SSSR count). The number of amides is 1. The molecule has 0 fully saturated rings. The van der Waals surface area contributed by atoms with Gasteiger partial charge < -0.3 is 14.9 Å². The van der Waals surface area contributed by atoms with Gasteiger partial charge in [-0.25, -0.2) is 5.43 Å². The molecule has 0 aliphatic rings. The largest absolute Gasteiger partial charge is 0.508 e. The standard InChI is InChI=1S/C15H14N2O4/c1-21-12-5-2-10(3-6-12)9-16-17-15(20)13-7-4-11(18)8-14(13)19/h2-9,18-19H,1H3,(H,17,20). The average Bonchev–Trinajstić information content (AvgIpc) is 2.47. The summed E-state index contributed by atoms with van der Waals surface area (Å²) >= 11 is 0. The minimum absolute atomic E-state index is 0.0275. The quantitative estimate of drug-likeness (QED) is 0.591. The fourth-order valence-corrected chi connectivity index (χ4v) is 1.63. The zero-order chi connectivity index (χ0) is 15.2. The highest BCUT2D eigenvalue weighted by Gasteiger charge is 2.10. The van der Waals surface area contributed by atoms with Gasteiger partial charge in [-0.2, -0.15) is 5.10 Å². The van der Waals surface area contributed by atoms with Gasteiger partial charge >= 0.3 is 0 Å². The van der Waals surface area contributed by atoms with Crippen molar-refractivity contribution < 1.29 is 19.7 Å². The molecule has 2 aromatic carbocycles. The fraction of sp³-hybridized carbons (Fsp3) is 0.0667. The van der Waals surface area contributed by atoms with Crippen molar-refractivity contribution in [2.24, 2.45) is 5.10 Å². The fourth-order valence-electron chi connectivity index (χ4n) is 1.63. The van der Waals surface area contributed by atoms with Crippen LogP contribution in [0, 0.1) is 0 Å². The van der Waals surface area contributed by atoms with Crippen molar-refractivity contribution in [2.75, 3.05) is 7.11 Å². The van der Waals surface area contributed by atoms with Gasteiger partial charge in [-0.3, -0.25) is 4.79 Å². The molecule has 0 aliphatic heterocycles. The van der Waals surface area contributed by atoms with Crippen molar-refractivity contribution in [3.8, 4) is 17.2 Å². The Balaban J connectivity index is 2.01. The van der Waals surface area contributed by atoms with Gasteiger partial charge in [0.15, 0.2) is 0 Å². The summed E-state index contributed by atoms with van der Waals surface area (Å²) in [5.74, 6) is -0.277.